The zero-order valence-corrected chi connectivity index (χ0v) is 24.6. The Kier molecular flexibility index (Phi) is 6.84. The van der Waals surface area contributed by atoms with Crippen LogP contribution in [-0.4, -0.2) is 60.3 Å². The number of hydrogen-bond acceptors (Lipinski definition) is 7. The Balaban J connectivity index is 1.20. The number of nitrogens with zero attached hydrogens (tertiary/aromatic N) is 1. The van der Waals surface area contributed by atoms with Gasteiger partial charge in [0.1, 0.15) is 17.4 Å². The molecular formula is C33H37N3O7. The number of benzene rings is 2. The van der Waals surface area contributed by atoms with Gasteiger partial charge in [-0.25, -0.2) is 0 Å². The van der Waals surface area contributed by atoms with Gasteiger partial charge in [-0.15, -0.1) is 0 Å². The van der Waals surface area contributed by atoms with Gasteiger partial charge in [-0.2, -0.15) is 0 Å². The third-order valence-electron chi connectivity index (χ3n) is 10.1. The molecule has 10 nitrogen and oxygen atoms in total. The van der Waals surface area contributed by atoms with Crippen molar-refractivity contribution in [3.05, 3.63) is 60.2 Å². The number of rotatable bonds is 7. The van der Waals surface area contributed by atoms with Crippen molar-refractivity contribution in [3.63, 3.8) is 0 Å². The largest absolute Gasteiger partial charge is 0.497 e. The van der Waals surface area contributed by atoms with E-state index >= 15 is 0 Å². The summed E-state index contributed by atoms with van der Waals surface area (Å²) in [5.41, 5.74) is 0.140. The lowest BCUT2D eigenvalue weighted by molar-refractivity contribution is -0.142. The summed E-state index contributed by atoms with van der Waals surface area (Å²) in [7, 11) is 1.58. The first-order valence-electron chi connectivity index (χ1n) is 15.1. The molecule has 2 saturated heterocycles. The minimum absolute atomic E-state index is 0.00551. The maximum atomic E-state index is 14.4. The van der Waals surface area contributed by atoms with Gasteiger partial charge in [0.15, 0.2) is 11.5 Å². The van der Waals surface area contributed by atoms with E-state index in [4.69, 9.17) is 18.9 Å². The molecule has 226 valence electrons. The van der Waals surface area contributed by atoms with Crippen molar-refractivity contribution >= 4 is 23.4 Å². The summed E-state index contributed by atoms with van der Waals surface area (Å²) in [5, 5.41) is 6.25. The van der Waals surface area contributed by atoms with Crippen LogP contribution in [-0.2, 0) is 25.7 Å². The lowest BCUT2D eigenvalue weighted by Gasteiger charge is -2.38. The van der Waals surface area contributed by atoms with Crippen molar-refractivity contribution in [2.75, 3.05) is 19.2 Å². The Morgan fingerprint density at radius 3 is 2.63 bits per heavy atom. The molecule has 43 heavy (non-hydrogen) atoms. The third-order valence-corrected chi connectivity index (χ3v) is 10.1. The minimum atomic E-state index is -1.24. The van der Waals surface area contributed by atoms with Gasteiger partial charge in [-0.1, -0.05) is 44.9 Å². The summed E-state index contributed by atoms with van der Waals surface area (Å²) >= 11 is 0. The van der Waals surface area contributed by atoms with Gasteiger partial charge in [0.25, 0.3) is 0 Å². The number of methoxy groups -OCH3 is 1. The molecule has 2 bridgehead atoms. The molecule has 0 radical (unpaired) electrons. The van der Waals surface area contributed by atoms with E-state index in [1.54, 1.807) is 36.3 Å². The molecule has 4 aliphatic heterocycles. The Labute approximate surface area is 250 Å². The highest BCUT2D eigenvalue weighted by Gasteiger charge is 2.72. The Hall–Kier alpha value is -4.05. The second-order valence-corrected chi connectivity index (χ2v) is 12.5. The van der Waals surface area contributed by atoms with E-state index in [0.29, 0.717) is 34.8 Å². The van der Waals surface area contributed by atoms with E-state index in [0.717, 1.165) is 24.8 Å². The van der Waals surface area contributed by atoms with Gasteiger partial charge < -0.3 is 34.5 Å². The molecule has 10 heteroatoms. The Morgan fingerprint density at radius 1 is 1.05 bits per heavy atom. The zero-order chi connectivity index (χ0) is 29.9. The molecule has 2 aromatic carbocycles. The fourth-order valence-electron chi connectivity index (χ4n) is 7.62. The Bertz CT molecular complexity index is 1480. The standard InChI is InChI=1S/C33H37N3O7/c1-18-5-4-6-23(19(18)2)35-31(38)29-33-14-13-25(43-33)27(30(37)34-21-8-10-22(40-3)11-9-21)28(33)32(39)36(29)16-20-7-12-24-26(15-20)42-17-41-24/h7-15,18-19,23,25,27-29H,4-6,16-17H2,1-3H3,(H,34,37)(H,35,38)/t18-,19-,23-,25+,27-,28+,29+,33+/m1/s1. The summed E-state index contributed by atoms with van der Waals surface area (Å²) in [6.45, 7) is 4.70. The molecule has 3 amide bonds. The summed E-state index contributed by atoms with van der Waals surface area (Å²) in [6, 6.07) is 11.6. The molecule has 1 saturated carbocycles. The van der Waals surface area contributed by atoms with Crippen molar-refractivity contribution in [1.29, 1.82) is 0 Å². The van der Waals surface area contributed by atoms with Gasteiger partial charge >= 0.3 is 0 Å². The van der Waals surface area contributed by atoms with Crippen LogP contribution >= 0.6 is 0 Å². The van der Waals surface area contributed by atoms with Gasteiger partial charge in [0, 0.05) is 18.3 Å². The molecule has 0 unspecified atom stereocenters. The SMILES string of the molecule is COc1ccc(NC(=O)[C@@H]2[C@@H]3C=C[C@]4(O3)[C@@H]2C(=O)N(Cc2ccc3c(c2)OCO3)[C@H]4C(=O)N[C@@H]2CCC[C@@H](C)[C@H]2C)cc1. The second-order valence-electron chi connectivity index (χ2n) is 12.5. The van der Waals surface area contributed by atoms with Crippen LogP contribution in [0.15, 0.2) is 54.6 Å². The van der Waals surface area contributed by atoms with Crippen LogP contribution in [0.3, 0.4) is 0 Å². The molecule has 2 N–H and O–H groups in total. The number of likely N-dealkylation sites (tertiary alicyclic amines) is 1. The molecule has 1 aliphatic carbocycles. The van der Waals surface area contributed by atoms with Gasteiger partial charge in [-0.3, -0.25) is 14.4 Å². The number of carbonyl (C=O) groups excluding carboxylic acids is 3. The highest BCUT2D eigenvalue weighted by molar-refractivity contribution is 6.02. The van der Waals surface area contributed by atoms with Gasteiger partial charge in [0.2, 0.25) is 24.5 Å². The third kappa shape index (κ3) is 4.54. The summed E-state index contributed by atoms with van der Waals surface area (Å²) in [6.07, 6.45) is 6.13. The van der Waals surface area contributed by atoms with E-state index in [2.05, 4.69) is 24.5 Å². The summed E-state index contributed by atoms with van der Waals surface area (Å²) < 4.78 is 22.8. The first-order chi connectivity index (χ1) is 20.8. The van der Waals surface area contributed by atoms with Crippen molar-refractivity contribution in [1.82, 2.24) is 10.2 Å². The zero-order valence-electron chi connectivity index (χ0n) is 24.6. The highest BCUT2D eigenvalue weighted by Crippen LogP contribution is 2.55. The van der Waals surface area contributed by atoms with E-state index in [9.17, 15) is 14.4 Å². The normalized spacial score (nSPS) is 33.4. The fraction of sp³-hybridized carbons (Fsp3) is 0.485. The molecule has 4 heterocycles. The van der Waals surface area contributed by atoms with Gasteiger partial charge in [0.05, 0.1) is 25.0 Å². The van der Waals surface area contributed by atoms with Crippen molar-refractivity contribution in [2.24, 2.45) is 23.7 Å². The average Bonchev–Trinajstić information content (AvgIpc) is 3.77. The minimum Gasteiger partial charge on any atom is -0.497 e. The van der Waals surface area contributed by atoms with Crippen LogP contribution in [0, 0.1) is 23.7 Å². The number of hydrogen-bond donors (Lipinski definition) is 2. The monoisotopic (exact) mass is 587 g/mol. The second kappa shape index (κ2) is 10.6. The summed E-state index contributed by atoms with van der Waals surface area (Å²) in [4.78, 5) is 44.0. The molecule has 8 atom stereocenters. The van der Waals surface area contributed by atoms with E-state index in [-0.39, 0.29) is 37.1 Å². The molecule has 3 fully saturated rings. The van der Waals surface area contributed by atoms with Crippen LogP contribution < -0.4 is 24.8 Å². The lowest BCUT2D eigenvalue weighted by Crippen LogP contribution is -2.57. The topological polar surface area (TPSA) is 115 Å². The molecule has 1 spiro atoms. The van der Waals surface area contributed by atoms with Crippen molar-refractivity contribution in [3.8, 4) is 17.2 Å². The van der Waals surface area contributed by atoms with E-state index < -0.39 is 29.6 Å². The predicted molar refractivity (Wildman–Crippen MR) is 156 cm³/mol. The van der Waals surface area contributed by atoms with Crippen LogP contribution in [0.4, 0.5) is 5.69 Å². The van der Waals surface area contributed by atoms with E-state index in [1.165, 1.54) is 0 Å². The smallest absolute Gasteiger partial charge is 0.246 e. The highest BCUT2D eigenvalue weighted by atomic mass is 16.7. The quantitative estimate of drug-likeness (QED) is 0.475. The number of nitrogens with one attached hydrogen (secondary N) is 2. The number of fused-ring (bicyclic) bond motifs is 2. The number of carbonyl (C=O) groups is 3. The van der Waals surface area contributed by atoms with E-state index in [1.807, 2.05) is 30.4 Å². The maximum Gasteiger partial charge on any atom is 0.246 e. The van der Waals surface area contributed by atoms with Crippen LogP contribution in [0.1, 0.15) is 38.7 Å². The maximum absolute atomic E-state index is 14.4. The first kappa shape index (κ1) is 27.8. The molecule has 5 aliphatic rings. The first-order valence-corrected chi connectivity index (χ1v) is 15.1. The molecule has 7 rings (SSSR count). The van der Waals surface area contributed by atoms with Gasteiger partial charge in [-0.05, 0) is 60.2 Å². The number of ether oxygens (including phenoxy) is 4. The summed E-state index contributed by atoms with van der Waals surface area (Å²) in [5.74, 6) is 0.243. The molecule has 0 aromatic heterocycles. The van der Waals surface area contributed by atoms with Crippen LogP contribution in [0.2, 0.25) is 0 Å². The van der Waals surface area contributed by atoms with Crippen molar-refractivity contribution < 1.29 is 33.3 Å². The lowest BCUT2D eigenvalue weighted by atomic mass is 9.73. The number of anilines is 1. The number of amides is 3. The van der Waals surface area contributed by atoms with Crippen LogP contribution in [0.25, 0.3) is 0 Å². The predicted octanol–water partition coefficient (Wildman–Crippen LogP) is 3.65. The average molecular weight is 588 g/mol. The fourth-order valence-corrected chi connectivity index (χ4v) is 7.62. The van der Waals surface area contributed by atoms with Crippen molar-refractivity contribution in [2.45, 2.75) is 63.4 Å². The molecular weight excluding hydrogens is 550 g/mol. The van der Waals surface area contributed by atoms with Crippen LogP contribution in [0.5, 0.6) is 17.2 Å². The Morgan fingerprint density at radius 2 is 1.84 bits per heavy atom. The molecule has 2 aromatic rings.